The first-order chi connectivity index (χ1) is 19.7. The van der Waals surface area contributed by atoms with E-state index in [1.807, 2.05) is 24.0 Å². The van der Waals surface area contributed by atoms with Crippen molar-refractivity contribution in [1.29, 1.82) is 0 Å². The summed E-state index contributed by atoms with van der Waals surface area (Å²) in [5, 5.41) is 2.06. The number of thiophene rings is 1. The van der Waals surface area contributed by atoms with Crippen molar-refractivity contribution >= 4 is 27.3 Å². The fraction of sp³-hybridized carbons (Fsp3) is 0.469. The highest BCUT2D eigenvalue weighted by atomic mass is 32.2. The summed E-state index contributed by atoms with van der Waals surface area (Å²) in [5.41, 5.74) is 3.33. The van der Waals surface area contributed by atoms with Gasteiger partial charge in [-0.25, -0.2) is 8.42 Å². The SMILES string of the molecule is Cc1ccc(S(=O)(=O)N(CCN2CCCC2)CC(=O)N2CCc3sccc3C2COc2ccc(C(C)C)cc2)cc1. The lowest BCUT2D eigenvalue weighted by Crippen LogP contribution is -2.49. The second kappa shape index (κ2) is 13.1. The van der Waals surface area contributed by atoms with Gasteiger partial charge in [0.1, 0.15) is 12.4 Å². The molecule has 0 radical (unpaired) electrons. The lowest BCUT2D eigenvalue weighted by Gasteiger charge is -2.37. The Labute approximate surface area is 248 Å². The molecule has 0 saturated carbocycles. The number of amides is 1. The van der Waals surface area contributed by atoms with E-state index in [4.69, 9.17) is 4.74 Å². The molecule has 7 nitrogen and oxygen atoms in total. The summed E-state index contributed by atoms with van der Waals surface area (Å²) in [4.78, 5) is 19.6. The largest absolute Gasteiger partial charge is 0.491 e. The van der Waals surface area contributed by atoms with Crippen LogP contribution in [0, 0.1) is 6.92 Å². The normalized spacial score (nSPS) is 17.8. The third-order valence-corrected chi connectivity index (χ3v) is 11.1. The van der Waals surface area contributed by atoms with Crippen LogP contribution in [-0.4, -0.2) is 74.3 Å². The maximum Gasteiger partial charge on any atom is 0.243 e. The number of fused-ring (bicyclic) bond motifs is 1. The number of ether oxygens (including phenoxy) is 1. The van der Waals surface area contributed by atoms with Crippen molar-refractivity contribution in [1.82, 2.24) is 14.1 Å². The van der Waals surface area contributed by atoms with Gasteiger partial charge >= 0.3 is 0 Å². The molecule has 41 heavy (non-hydrogen) atoms. The van der Waals surface area contributed by atoms with E-state index in [0.717, 1.165) is 49.2 Å². The maximum absolute atomic E-state index is 14.0. The van der Waals surface area contributed by atoms with Gasteiger partial charge in [-0.3, -0.25) is 4.79 Å². The quantitative estimate of drug-likeness (QED) is 0.294. The number of likely N-dealkylation sites (tertiary alicyclic amines) is 1. The number of rotatable bonds is 11. The Hall–Kier alpha value is -2.72. The number of sulfonamides is 1. The Bertz CT molecular complexity index is 1410. The summed E-state index contributed by atoms with van der Waals surface area (Å²) in [6.45, 7) is 9.75. The van der Waals surface area contributed by atoms with Gasteiger partial charge in [-0.2, -0.15) is 4.31 Å². The minimum absolute atomic E-state index is 0.191. The standard InChI is InChI=1S/C32H41N3O4S2/c1-24(2)26-8-10-27(11-9-26)39-23-30-29-15-21-40-31(29)14-18-35(30)32(36)22-34(20-19-33-16-4-5-17-33)41(37,38)28-12-6-25(3)7-13-28/h6-13,15,21,24,30H,4-5,14,16-20,22-23H2,1-3H3. The third kappa shape index (κ3) is 7.02. The van der Waals surface area contributed by atoms with Crippen LogP contribution in [0.4, 0.5) is 0 Å². The molecule has 1 aromatic heterocycles. The second-order valence-electron chi connectivity index (χ2n) is 11.4. The van der Waals surface area contributed by atoms with Crippen molar-refractivity contribution in [2.24, 2.45) is 0 Å². The molecule has 5 rings (SSSR count). The van der Waals surface area contributed by atoms with Crippen LogP contribution in [0.1, 0.15) is 60.2 Å². The van der Waals surface area contributed by atoms with Crippen LogP contribution in [0.15, 0.2) is 64.9 Å². The van der Waals surface area contributed by atoms with Crippen molar-refractivity contribution in [3.63, 3.8) is 0 Å². The van der Waals surface area contributed by atoms with Gasteiger partial charge in [0, 0.05) is 24.5 Å². The van der Waals surface area contributed by atoms with E-state index in [1.165, 1.54) is 14.7 Å². The van der Waals surface area contributed by atoms with Crippen molar-refractivity contribution < 1.29 is 17.9 Å². The maximum atomic E-state index is 14.0. The van der Waals surface area contributed by atoms with E-state index >= 15 is 0 Å². The smallest absolute Gasteiger partial charge is 0.243 e. The van der Waals surface area contributed by atoms with Crippen molar-refractivity contribution in [2.75, 3.05) is 45.9 Å². The van der Waals surface area contributed by atoms with Crippen LogP contribution in [0.2, 0.25) is 0 Å². The monoisotopic (exact) mass is 595 g/mol. The van der Waals surface area contributed by atoms with E-state index in [0.29, 0.717) is 25.6 Å². The average Bonchev–Trinajstić information content (AvgIpc) is 3.66. The highest BCUT2D eigenvalue weighted by molar-refractivity contribution is 7.89. The summed E-state index contributed by atoms with van der Waals surface area (Å²) in [6, 6.07) is 16.8. The molecular weight excluding hydrogens is 555 g/mol. The third-order valence-electron chi connectivity index (χ3n) is 8.20. The van der Waals surface area contributed by atoms with E-state index in [9.17, 15) is 13.2 Å². The summed E-state index contributed by atoms with van der Waals surface area (Å²) >= 11 is 1.70. The van der Waals surface area contributed by atoms with Crippen molar-refractivity contribution in [3.8, 4) is 5.75 Å². The predicted octanol–water partition coefficient (Wildman–Crippen LogP) is 5.47. The molecule has 0 spiro atoms. The van der Waals surface area contributed by atoms with E-state index in [-0.39, 0.29) is 29.9 Å². The molecule has 9 heteroatoms. The number of hydrogen-bond acceptors (Lipinski definition) is 6. The first-order valence-corrected chi connectivity index (χ1v) is 16.9. The topological polar surface area (TPSA) is 70.2 Å². The molecule has 0 bridgehead atoms. The molecule has 3 heterocycles. The van der Waals surface area contributed by atoms with Gasteiger partial charge in [0.05, 0.1) is 17.5 Å². The van der Waals surface area contributed by atoms with E-state index in [2.05, 4.69) is 42.3 Å². The number of nitrogens with zero attached hydrogens (tertiary/aromatic N) is 3. The summed E-state index contributed by atoms with van der Waals surface area (Å²) in [5.74, 6) is 1.01. The molecule has 3 aromatic rings. The summed E-state index contributed by atoms with van der Waals surface area (Å²) in [6.07, 6.45) is 3.02. The minimum Gasteiger partial charge on any atom is -0.491 e. The highest BCUT2D eigenvalue weighted by Crippen LogP contribution is 2.34. The van der Waals surface area contributed by atoms with Crippen LogP contribution < -0.4 is 4.74 Å². The minimum atomic E-state index is -3.85. The first kappa shape index (κ1) is 29.8. The van der Waals surface area contributed by atoms with Crippen molar-refractivity contribution in [3.05, 3.63) is 81.5 Å². The van der Waals surface area contributed by atoms with Gasteiger partial charge in [-0.15, -0.1) is 11.3 Å². The van der Waals surface area contributed by atoms with Crippen LogP contribution >= 0.6 is 11.3 Å². The number of carbonyl (C=O) groups excluding carboxylic acids is 1. The lowest BCUT2D eigenvalue weighted by atomic mass is 10.0. The lowest BCUT2D eigenvalue weighted by molar-refractivity contribution is -0.135. The van der Waals surface area contributed by atoms with Gasteiger partial charge in [0.2, 0.25) is 15.9 Å². The van der Waals surface area contributed by atoms with E-state index < -0.39 is 10.0 Å². The Morgan fingerprint density at radius 2 is 1.73 bits per heavy atom. The Balaban J connectivity index is 1.35. The Kier molecular flexibility index (Phi) is 9.49. The van der Waals surface area contributed by atoms with Gasteiger partial charge in [0.15, 0.2) is 0 Å². The molecule has 220 valence electrons. The van der Waals surface area contributed by atoms with Crippen LogP contribution in [0.3, 0.4) is 0 Å². The average molecular weight is 596 g/mol. The molecule has 0 N–H and O–H groups in total. The fourth-order valence-electron chi connectivity index (χ4n) is 5.64. The first-order valence-electron chi connectivity index (χ1n) is 14.6. The van der Waals surface area contributed by atoms with Crippen LogP contribution in [-0.2, 0) is 21.2 Å². The molecule has 0 aliphatic carbocycles. The molecular formula is C32H41N3O4S2. The highest BCUT2D eigenvalue weighted by Gasteiger charge is 2.35. The van der Waals surface area contributed by atoms with Gasteiger partial charge in [-0.1, -0.05) is 43.7 Å². The predicted molar refractivity (Wildman–Crippen MR) is 164 cm³/mol. The number of carbonyl (C=O) groups is 1. The molecule has 1 saturated heterocycles. The van der Waals surface area contributed by atoms with E-state index in [1.54, 1.807) is 35.6 Å². The molecule has 2 aliphatic rings. The number of benzene rings is 2. The second-order valence-corrected chi connectivity index (χ2v) is 14.3. The zero-order valence-corrected chi connectivity index (χ0v) is 25.9. The zero-order valence-electron chi connectivity index (χ0n) is 24.3. The van der Waals surface area contributed by atoms with Gasteiger partial charge < -0.3 is 14.5 Å². The summed E-state index contributed by atoms with van der Waals surface area (Å²) in [7, 11) is -3.85. The molecule has 1 fully saturated rings. The molecule has 1 atom stereocenters. The number of hydrogen-bond donors (Lipinski definition) is 0. The van der Waals surface area contributed by atoms with Gasteiger partial charge in [-0.05, 0) is 92.0 Å². The zero-order chi connectivity index (χ0) is 29.0. The van der Waals surface area contributed by atoms with Gasteiger partial charge in [0.25, 0.3) is 0 Å². The van der Waals surface area contributed by atoms with Crippen LogP contribution in [0.5, 0.6) is 5.75 Å². The van der Waals surface area contributed by atoms with Crippen molar-refractivity contribution in [2.45, 2.75) is 56.9 Å². The summed E-state index contributed by atoms with van der Waals surface area (Å²) < 4.78 is 35.2. The molecule has 2 aromatic carbocycles. The fourth-order valence-corrected chi connectivity index (χ4v) is 7.95. The molecule has 2 aliphatic heterocycles. The van der Waals surface area contributed by atoms with Crippen LogP contribution in [0.25, 0.3) is 0 Å². The molecule has 1 unspecified atom stereocenters. The Morgan fingerprint density at radius 3 is 2.41 bits per heavy atom. The Morgan fingerprint density at radius 1 is 1.02 bits per heavy atom. The molecule has 1 amide bonds. The number of aryl methyl sites for hydroxylation is 1.